The Balaban J connectivity index is 0.000000709. The molecule has 3 heterocycles. The van der Waals surface area contributed by atoms with Crippen LogP contribution in [0.25, 0.3) is 11.6 Å². The summed E-state index contributed by atoms with van der Waals surface area (Å²) in [5.41, 5.74) is 4.27. The van der Waals surface area contributed by atoms with Crippen molar-refractivity contribution in [3.8, 4) is 0 Å². The number of aromatic nitrogens is 1. The first kappa shape index (κ1) is 25.1. The highest BCUT2D eigenvalue weighted by atomic mass is 31.2. The van der Waals surface area contributed by atoms with Crippen molar-refractivity contribution >= 4 is 37.5 Å². The largest absolute Gasteiger partial charge is 0.358 e. The van der Waals surface area contributed by atoms with Crippen LogP contribution in [0.15, 0.2) is 18.2 Å². The van der Waals surface area contributed by atoms with Gasteiger partial charge in [0.05, 0.1) is 11.1 Å². The van der Waals surface area contributed by atoms with Crippen LogP contribution in [0.1, 0.15) is 45.7 Å². The Morgan fingerprint density at radius 1 is 1.27 bits per heavy atom. The molecule has 2 aliphatic heterocycles. The first-order valence-corrected chi connectivity index (χ1v) is 12.5. The molecule has 0 aliphatic carbocycles. The second kappa shape index (κ2) is 11.0. The van der Waals surface area contributed by atoms with Crippen LogP contribution in [0.2, 0.25) is 0 Å². The topological polar surface area (TPSA) is 118 Å². The summed E-state index contributed by atoms with van der Waals surface area (Å²) in [6.45, 7) is 8.69. The molecule has 0 saturated carbocycles. The van der Waals surface area contributed by atoms with Gasteiger partial charge in [-0.2, -0.15) is 0 Å². The fraction of sp³-hybridized carbons (Fsp3) is 0.391. The Hall–Kier alpha value is -2.58. The van der Waals surface area contributed by atoms with Gasteiger partial charge in [-0.25, -0.2) is 4.39 Å². The minimum atomic E-state index is -1.62. The van der Waals surface area contributed by atoms with Gasteiger partial charge < -0.3 is 30.3 Å². The van der Waals surface area contributed by atoms with E-state index in [2.05, 4.69) is 20.5 Å². The van der Waals surface area contributed by atoms with E-state index in [9.17, 15) is 14.0 Å². The molecule has 2 aliphatic rings. The van der Waals surface area contributed by atoms with Crippen LogP contribution in [0.3, 0.4) is 0 Å². The third kappa shape index (κ3) is 6.26. The summed E-state index contributed by atoms with van der Waals surface area (Å²) in [5, 5.41) is 5.74. The van der Waals surface area contributed by atoms with Crippen molar-refractivity contribution in [2.24, 2.45) is 0 Å². The molecule has 5 N–H and O–H groups in total. The van der Waals surface area contributed by atoms with Crippen LogP contribution >= 0.6 is 8.38 Å². The van der Waals surface area contributed by atoms with Crippen molar-refractivity contribution < 1.29 is 23.8 Å². The Bertz CT molecular complexity index is 1060. The van der Waals surface area contributed by atoms with Gasteiger partial charge in [0.15, 0.2) is 8.38 Å². The number of carbonyl (C=O) groups excluding carboxylic acids is 2. The number of H-pyrrole nitrogens is 1. The summed E-state index contributed by atoms with van der Waals surface area (Å²) in [4.78, 5) is 46.0. The van der Waals surface area contributed by atoms with E-state index < -0.39 is 14.2 Å². The second-order valence-corrected chi connectivity index (χ2v) is 9.14. The van der Waals surface area contributed by atoms with E-state index in [1.807, 2.05) is 13.8 Å². The highest BCUT2D eigenvalue weighted by molar-refractivity contribution is 7.44. The maximum atomic E-state index is 13.7. The molecule has 0 unspecified atom stereocenters. The van der Waals surface area contributed by atoms with E-state index in [0.29, 0.717) is 34.6 Å². The predicted molar refractivity (Wildman–Crippen MR) is 128 cm³/mol. The molecule has 8 nitrogen and oxygen atoms in total. The lowest BCUT2D eigenvalue weighted by Gasteiger charge is -2.14. The van der Waals surface area contributed by atoms with E-state index >= 15 is 0 Å². The number of halogens is 1. The average molecular weight is 476 g/mol. The molecule has 2 amide bonds. The van der Waals surface area contributed by atoms with Crippen molar-refractivity contribution in [1.29, 1.82) is 0 Å². The van der Waals surface area contributed by atoms with Gasteiger partial charge in [-0.15, -0.1) is 0 Å². The Labute approximate surface area is 193 Å². The SMILES string of the molecule is CP(O)O.Cc1[nH]c(/C=C2\C(=O)Nc3ccc(F)cc32)c(C)c1C(=O)NCCN1CCCC1. The Morgan fingerprint density at radius 3 is 2.61 bits per heavy atom. The standard InChI is InChI=1S/C22H25FN4O2.CH5O2P/c1-13-19(12-17-16-11-15(23)5-6-18(16)26-21(17)28)25-14(2)20(13)22(29)24-7-10-27-8-3-4-9-27;1-4(2)3/h5-6,11-12,25H,3-4,7-10H2,1-2H3,(H,24,29)(H,26,28);2-3H,1H3/b17-12-;. The van der Waals surface area contributed by atoms with Crippen LogP contribution in [0.5, 0.6) is 0 Å². The zero-order valence-corrected chi connectivity index (χ0v) is 19.9. The minimum absolute atomic E-state index is 0.123. The number of hydrogen-bond acceptors (Lipinski definition) is 5. The van der Waals surface area contributed by atoms with E-state index in [0.717, 1.165) is 30.9 Å². The zero-order valence-electron chi connectivity index (χ0n) is 19.0. The minimum Gasteiger partial charge on any atom is -0.358 e. The number of likely N-dealkylation sites (tertiary alicyclic amines) is 1. The van der Waals surface area contributed by atoms with Gasteiger partial charge in [-0.05, 0) is 69.6 Å². The number of aryl methyl sites for hydroxylation is 1. The van der Waals surface area contributed by atoms with Crippen LogP contribution in [0.4, 0.5) is 10.1 Å². The predicted octanol–water partition coefficient (Wildman–Crippen LogP) is 3.00. The fourth-order valence-electron chi connectivity index (χ4n) is 4.13. The molecular weight excluding hydrogens is 446 g/mol. The van der Waals surface area contributed by atoms with Crippen LogP contribution in [-0.2, 0) is 4.79 Å². The molecule has 1 saturated heterocycles. The van der Waals surface area contributed by atoms with E-state index in [1.165, 1.54) is 31.6 Å². The fourth-order valence-corrected chi connectivity index (χ4v) is 4.13. The lowest BCUT2D eigenvalue weighted by molar-refractivity contribution is -0.110. The quantitative estimate of drug-likeness (QED) is 0.336. The van der Waals surface area contributed by atoms with Crippen molar-refractivity contribution in [2.75, 3.05) is 38.2 Å². The number of carbonyl (C=O) groups is 2. The van der Waals surface area contributed by atoms with Gasteiger partial charge in [0, 0.05) is 42.4 Å². The lowest BCUT2D eigenvalue weighted by atomic mass is 10.0. The molecule has 1 aromatic carbocycles. The third-order valence-corrected chi connectivity index (χ3v) is 5.67. The Kier molecular flexibility index (Phi) is 8.37. The molecule has 33 heavy (non-hydrogen) atoms. The molecule has 1 aromatic heterocycles. The number of benzene rings is 1. The maximum Gasteiger partial charge on any atom is 0.256 e. The summed E-state index contributed by atoms with van der Waals surface area (Å²) in [7, 11) is -1.62. The number of anilines is 1. The molecule has 0 bridgehead atoms. The van der Waals surface area contributed by atoms with Crippen LogP contribution < -0.4 is 10.6 Å². The van der Waals surface area contributed by atoms with Gasteiger partial charge in [-0.3, -0.25) is 9.59 Å². The molecule has 1 fully saturated rings. The lowest BCUT2D eigenvalue weighted by Crippen LogP contribution is -2.33. The number of rotatable bonds is 5. The summed E-state index contributed by atoms with van der Waals surface area (Å²) in [5.74, 6) is -0.806. The van der Waals surface area contributed by atoms with Crippen molar-refractivity contribution in [3.05, 3.63) is 52.1 Å². The number of hydrogen-bond donors (Lipinski definition) is 5. The zero-order chi connectivity index (χ0) is 24.1. The first-order chi connectivity index (χ1) is 15.7. The van der Waals surface area contributed by atoms with Gasteiger partial charge in [0.2, 0.25) is 0 Å². The van der Waals surface area contributed by atoms with E-state index in [1.54, 1.807) is 12.1 Å². The van der Waals surface area contributed by atoms with Gasteiger partial charge >= 0.3 is 0 Å². The van der Waals surface area contributed by atoms with Crippen LogP contribution in [0, 0.1) is 19.7 Å². The maximum absolute atomic E-state index is 13.7. The smallest absolute Gasteiger partial charge is 0.256 e. The molecule has 2 aromatic rings. The Morgan fingerprint density at radius 2 is 1.94 bits per heavy atom. The molecule has 10 heteroatoms. The average Bonchev–Trinajstić information content (AvgIpc) is 3.42. The molecule has 4 rings (SSSR count). The van der Waals surface area contributed by atoms with Crippen LogP contribution in [-0.4, -0.2) is 64.3 Å². The summed E-state index contributed by atoms with van der Waals surface area (Å²) in [6.07, 6.45) is 4.13. The molecule has 0 radical (unpaired) electrons. The van der Waals surface area contributed by atoms with E-state index in [-0.39, 0.29) is 11.8 Å². The molecule has 178 valence electrons. The first-order valence-electron chi connectivity index (χ1n) is 10.8. The number of nitrogens with zero attached hydrogens (tertiary/aromatic N) is 1. The summed E-state index contributed by atoms with van der Waals surface area (Å²) < 4.78 is 13.7. The van der Waals surface area contributed by atoms with Crippen molar-refractivity contribution in [3.63, 3.8) is 0 Å². The summed E-state index contributed by atoms with van der Waals surface area (Å²) >= 11 is 0. The third-order valence-electron chi connectivity index (χ3n) is 5.67. The van der Waals surface area contributed by atoms with Gasteiger partial charge in [-0.1, -0.05) is 0 Å². The molecular formula is C23H30FN4O4P. The van der Waals surface area contributed by atoms with Gasteiger partial charge in [0.25, 0.3) is 11.8 Å². The molecule has 0 atom stereocenters. The second-order valence-electron chi connectivity index (χ2n) is 8.16. The molecule has 0 spiro atoms. The van der Waals surface area contributed by atoms with Gasteiger partial charge in [0.1, 0.15) is 5.82 Å². The number of fused-ring (bicyclic) bond motifs is 1. The van der Waals surface area contributed by atoms with Crippen molar-refractivity contribution in [2.45, 2.75) is 26.7 Å². The number of amides is 2. The highest BCUT2D eigenvalue weighted by Crippen LogP contribution is 2.34. The van der Waals surface area contributed by atoms with Crippen molar-refractivity contribution in [1.82, 2.24) is 15.2 Å². The number of nitrogens with one attached hydrogen (secondary N) is 3. The highest BCUT2D eigenvalue weighted by Gasteiger charge is 2.26. The normalized spacial score (nSPS) is 16.6. The monoisotopic (exact) mass is 476 g/mol. The summed E-state index contributed by atoms with van der Waals surface area (Å²) in [6, 6.07) is 4.21. The number of aromatic amines is 1. The van der Waals surface area contributed by atoms with E-state index in [4.69, 9.17) is 9.79 Å².